The molecule has 6 rings (SSSR count). The average molecular weight is 1180 g/mol. The maximum absolute atomic E-state index is 11.4. The number of hydrogen-bond acceptors (Lipinski definition) is 14. The number of fused-ring (bicyclic) bond motifs is 2. The molecule has 0 aliphatic carbocycles. The van der Waals surface area contributed by atoms with E-state index in [2.05, 4.69) is 40.4 Å². The van der Waals surface area contributed by atoms with Crippen LogP contribution < -0.4 is 118 Å². The number of allylic oxidation sites excluding steroid dienone is 4. The number of hydrogen-bond donors (Lipinski definition) is 3. The van der Waals surface area contributed by atoms with Gasteiger partial charge in [0.2, 0.25) is 0 Å². The Kier molecular flexibility index (Phi) is 35.2. The molecule has 0 saturated carbocycles. The maximum Gasteiger partial charge on any atom is 1.00 e. The van der Waals surface area contributed by atoms with Crippen molar-refractivity contribution in [1.82, 2.24) is 0 Å². The standard InChI is InChI=1S/C24H22O5.C19H16O4.CH2O3.CH4.2K.S10.H/c1-14(2)6-7-18-9-19-12-24(29-23(19)8-15(18)3)20-10-21(27-16(4)25)13-22(11-20)28-17(5)26;1-11(2)3-4-12-5-13-8-18(23-19(13)10-17(12)22)14-6-15(20)9-16(21)7-14;2-1-4-3;;;;1-3-5-7-9-10-8-6-4-2;/h6-13H,1H2,2-5H3;3-10,20-22H,1H2,2H3;1,3H;1H4;;;;/q;;;;2*+1;;-1/p-1/b7-6+;4-3+;;;;;;. The van der Waals surface area contributed by atoms with Gasteiger partial charge < -0.3 is 45.2 Å². The summed E-state index contributed by atoms with van der Waals surface area (Å²) in [6.07, 6.45) is 7.58. The van der Waals surface area contributed by atoms with Gasteiger partial charge in [0.1, 0.15) is 51.4 Å². The first-order chi connectivity index (χ1) is 31.5. The number of esters is 2. The van der Waals surface area contributed by atoms with Crippen molar-refractivity contribution in [1.29, 1.82) is 0 Å². The zero-order chi connectivity index (χ0) is 48.8. The molecule has 2 aromatic heterocycles. The van der Waals surface area contributed by atoms with Crippen LogP contribution in [0.1, 0.15) is 53.2 Å². The molecule has 24 heteroatoms. The first-order valence-electron chi connectivity index (χ1n) is 18.3. The second kappa shape index (κ2) is 36.1. The zero-order valence-electron chi connectivity index (χ0n) is 38.3. The van der Waals surface area contributed by atoms with E-state index in [1.54, 1.807) is 89.7 Å². The Labute approximate surface area is 519 Å². The van der Waals surface area contributed by atoms with Gasteiger partial charge in [0.05, 0.1) is 0 Å². The van der Waals surface area contributed by atoms with Crippen LogP contribution in [0.15, 0.2) is 118 Å². The molecule has 0 bridgehead atoms. The third kappa shape index (κ3) is 25.1. The van der Waals surface area contributed by atoms with Gasteiger partial charge in [-0.25, -0.2) is 0 Å². The summed E-state index contributed by atoms with van der Waals surface area (Å²) in [4.78, 5) is 34.0. The molecule has 0 aliphatic rings. The molecule has 0 fully saturated rings. The Morgan fingerprint density at radius 3 is 1.46 bits per heavy atom. The summed E-state index contributed by atoms with van der Waals surface area (Å²) in [5.41, 5.74) is 7.10. The van der Waals surface area contributed by atoms with E-state index in [0.29, 0.717) is 33.8 Å². The molecule has 12 nitrogen and oxygen atoms in total. The van der Waals surface area contributed by atoms with Gasteiger partial charge in [-0.3, -0.25) is 14.4 Å². The van der Waals surface area contributed by atoms with E-state index in [9.17, 15) is 24.9 Å². The molecule has 0 unspecified atom stereocenters. The molecule has 0 radical (unpaired) electrons. The molecule has 4 aromatic carbocycles. The van der Waals surface area contributed by atoms with Gasteiger partial charge in [0, 0.05) is 153 Å². The first-order valence-corrected chi connectivity index (χ1v) is 30.3. The van der Waals surface area contributed by atoms with Crippen molar-refractivity contribution in [3.05, 3.63) is 126 Å². The van der Waals surface area contributed by atoms with Crippen LogP contribution in [0, 0.1) is 6.92 Å². The maximum atomic E-state index is 11.4. The molecule has 69 heavy (non-hydrogen) atoms. The van der Waals surface area contributed by atoms with Crippen molar-refractivity contribution in [2.45, 2.75) is 42.0 Å². The Balaban J connectivity index is 0. The summed E-state index contributed by atoms with van der Waals surface area (Å²) >= 11 is 9.31. The number of carbonyl (C=O) groups is 3. The fraction of sp³-hybridized carbons (Fsp3) is 0.133. The van der Waals surface area contributed by atoms with E-state index in [1.165, 1.54) is 55.9 Å². The van der Waals surface area contributed by atoms with Crippen LogP contribution in [-0.4, -0.2) is 33.7 Å². The van der Waals surface area contributed by atoms with Crippen LogP contribution in [0.25, 0.3) is 56.7 Å². The number of aromatic hydroxyl groups is 3. The number of phenols is 3. The largest absolute Gasteiger partial charge is 1.00 e. The van der Waals surface area contributed by atoms with Gasteiger partial charge in [0.25, 0.3) is 6.47 Å². The minimum atomic E-state index is -0.468. The topological polar surface area (TPSA) is 189 Å². The minimum absolute atomic E-state index is 0. The summed E-state index contributed by atoms with van der Waals surface area (Å²) in [7, 11) is 12.7. The first kappa shape index (κ1) is 67.2. The molecule has 358 valence electrons. The Morgan fingerprint density at radius 2 is 1.04 bits per heavy atom. The Hall–Kier alpha value is -1.84. The van der Waals surface area contributed by atoms with E-state index in [1.807, 2.05) is 57.2 Å². The van der Waals surface area contributed by atoms with E-state index in [-0.39, 0.29) is 147 Å². The molecule has 0 saturated heterocycles. The number of ether oxygens (including phenoxy) is 2. The van der Waals surface area contributed by atoms with Crippen molar-refractivity contribution < 1.29 is 162 Å². The summed E-state index contributed by atoms with van der Waals surface area (Å²) in [6, 6.07) is 20.1. The molecule has 0 atom stereocenters. The van der Waals surface area contributed by atoms with E-state index < -0.39 is 11.9 Å². The van der Waals surface area contributed by atoms with Gasteiger partial charge in [-0.1, -0.05) is 56.0 Å². The summed E-state index contributed by atoms with van der Waals surface area (Å²) in [6.45, 7) is 15.9. The van der Waals surface area contributed by atoms with Crippen LogP contribution >= 0.6 is 0 Å². The SMILES string of the molecule is C.C=C(C)/C=C/c1cc2cc(-c3cc(O)cc(O)c3)oc2cc1O.C=C(C)/C=C/c1cc2cc(-c3cc(OC(C)=O)cc(OC(C)=O)c3)oc2cc1C.O=CO[O-].S=S=S=S=S=S=S=S=S=S.[H-].[K+].[K+]. The summed E-state index contributed by atoms with van der Waals surface area (Å²) < 4.78 is 22.1. The predicted octanol–water partition coefficient (Wildman–Crippen LogP) is 3.82. The zero-order valence-corrected chi connectivity index (χ0v) is 51.7. The van der Waals surface area contributed by atoms with Gasteiger partial charge in [-0.2, -0.15) is 0 Å². The monoisotopic (exact) mass is 1170 g/mol. The average Bonchev–Trinajstić information content (AvgIpc) is 3.86. The number of rotatable bonds is 9. The van der Waals surface area contributed by atoms with Crippen LogP contribution in [0.3, 0.4) is 0 Å². The number of carbonyl (C=O) groups excluding carboxylic acids is 3. The third-order valence-electron chi connectivity index (χ3n) is 7.77. The number of benzene rings is 4. The van der Waals surface area contributed by atoms with E-state index in [0.717, 1.165) is 38.6 Å². The smallest absolute Gasteiger partial charge is 1.00 e. The van der Waals surface area contributed by atoms with Crippen molar-refractivity contribution in [3.8, 4) is 51.4 Å². The second-order valence-electron chi connectivity index (χ2n) is 13.1. The second-order valence-corrected chi connectivity index (χ2v) is 27.3. The third-order valence-corrected chi connectivity index (χ3v) is 23.3. The normalized spacial score (nSPS) is 9.71. The molecule has 0 amide bonds. The fourth-order valence-corrected chi connectivity index (χ4v) is 21.8. The van der Waals surface area contributed by atoms with Crippen molar-refractivity contribution in [3.63, 3.8) is 0 Å². The number of aryl methyl sites for hydroxylation is 1. The summed E-state index contributed by atoms with van der Waals surface area (Å²) in [5.74, 6) is 0.682. The number of phenolic OH excluding ortho intramolecular Hbond substituents is 3. The quantitative estimate of drug-likeness (QED) is 0.0361. The molecular weight excluding hydrogens is 1130 g/mol. The molecule has 6 aromatic rings. The van der Waals surface area contributed by atoms with Crippen molar-refractivity contribution >= 4 is 146 Å². The Bertz CT molecular complexity index is 3140. The van der Waals surface area contributed by atoms with Gasteiger partial charge in [-0.05, 0) is 86.5 Å². The molecule has 0 aliphatic heterocycles. The summed E-state index contributed by atoms with van der Waals surface area (Å²) in [5, 5.41) is 39.4. The molecule has 2 heterocycles. The van der Waals surface area contributed by atoms with Crippen LogP contribution in [-0.2, 0) is 113 Å². The van der Waals surface area contributed by atoms with E-state index >= 15 is 0 Å². The van der Waals surface area contributed by atoms with Gasteiger partial charge in [0.15, 0.2) is 0 Å². The molecular formula is C45H44K2O12S10. The van der Waals surface area contributed by atoms with Gasteiger partial charge in [-0.15, -0.1) is 0 Å². The molecule has 0 spiro atoms. The Morgan fingerprint density at radius 1 is 0.638 bits per heavy atom. The predicted molar refractivity (Wildman–Crippen MR) is 292 cm³/mol. The van der Waals surface area contributed by atoms with Crippen molar-refractivity contribution in [2.75, 3.05) is 0 Å². The van der Waals surface area contributed by atoms with Gasteiger partial charge >= 0.3 is 115 Å². The molecule has 3 N–H and O–H groups in total. The van der Waals surface area contributed by atoms with E-state index in [4.69, 9.17) is 28.4 Å². The van der Waals surface area contributed by atoms with Crippen LogP contribution in [0.4, 0.5) is 0 Å². The van der Waals surface area contributed by atoms with Crippen molar-refractivity contribution in [2.24, 2.45) is 0 Å². The van der Waals surface area contributed by atoms with Crippen LogP contribution in [0.2, 0.25) is 0 Å². The number of furan rings is 2. The fourth-order valence-electron chi connectivity index (χ4n) is 5.33. The van der Waals surface area contributed by atoms with Crippen LogP contribution in [0.5, 0.6) is 28.7 Å². The minimum Gasteiger partial charge on any atom is -1.00 e.